The van der Waals surface area contributed by atoms with Crippen molar-refractivity contribution in [1.82, 2.24) is 0 Å². The molecule has 0 aliphatic heterocycles. The van der Waals surface area contributed by atoms with Crippen LogP contribution in [0.3, 0.4) is 0 Å². The molecule has 0 aromatic rings. The summed E-state index contributed by atoms with van der Waals surface area (Å²) in [5.41, 5.74) is 2.93. The summed E-state index contributed by atoms with van der Waals surface area (Å²) in [5.74, 6) is 1.82. The Bertz CT molecular complexity index is 1140. The van der Waals surface area contributed by atoms with Crippen LogP contribution in [0.2, 0.25) is 0 Å². The van der Waals surface area contributed by atoms with E-state index in [4.69, 9.17) is 4.74 Å². The van der Waals surface area contributed by atoms with Crippen LogP contribution in [0, 0.1) is 50.2 Å². The van der Waals surface area contributed by atoms with Crippen LogP contribution < -0.4 is 0 Å². The fraction of sp³-hybridized carbons (Fsp3) is 0.935. The molecule has 0 spiro atoms. The second kappa shape index (κ2) is 15.6. The maximum Gasteiger partial charge on any atom is 0.306 e. The first-order valence-corrected chi connectivity index (χ1v) is 21.7. The van der Waals surface area contributed by atoms with E-state index in [1.807, 2.05) is 0 Å². The van der Waals surface area contributed by atoms with E-state index in [1.165, 1.54) is 128 Å². The normalized spacial score (nSPS) is 39.2. The predicted octanol–water partition coefficient (Wildman–Crippen LogP) is 13.2. The molecule has 49 heavy (non-hydrogen) atoms. The Labute approximate surface area is 304 Å². The third kappa shape index (κ3) is 7.65. The number of hydrogen-bond acceptors (Lipinski definition) is 3. The van der Waals surface area contributed by atoms with E-state index in [-0.39, 0.29) is 39.1 Å². The van der Waals surface area contributed by atoms with Gasteiger partial charge >= 0.3 is 5.97 Å². The first-order valence-electron chi connectivity index (χ1n) is 21.7. The molecule has 0 bridgehead atoms. The first kappa shape index (κ1) is 39.4. The van der Waals surface area contributed by atoms with Gasteiger partial charge in [-0.1, -0.05) is 144 Å². The third-order valence-electron chi connectivity index (χ3n) is 16.8. The molecule has 3 heteroatoms. The Kier molecular flexibility index (Phi) is 12.6. The van der Waals surface area contributed by atoms with Crippen LogP contribution in [0.5, 0.6) is 0 Å². The molecule has 5 rings (SSSR count). The number of carbonyl (C=O) groups excluding carboxylic acids is 1. The Morgan fingerprint density at radius 3 is 1.94 bits per heavy atom. The number of rotatable bonds is 16. The lowest BCUT2D eigenvalue weighted by atomic mass is 9.33. The van der Waals surface area contributed by atoms with Crippen molar-refractivity contribution >= 4 is 5.97 Å². The number of aliphatic hydroxyl groups is 1. The topological polar surface area (TPSA) is 46.5 Å². The highest BCUT2D eigenvalue weighted by Crippen LogP contribution is 2.75. The van der Waals surface area contributed by atoms with Gasteiger partial charge in [0.15, 0.2) is 0 Å². The molecule has 0 heterocycles. The van der Waals surface area contributed by atoms with Crippen molar-refractivity contribution in [1.29, 1.82) is 0 Å². The fourth-order valence-corrected chi connectivity index (χ4v) is 13.3. The van der Waals surface area contributed by atoms with Gasteiger partial charge in [-0.25, -0.2) is 0 Å². The highest BCUT2D eigenvalue weighted by molar-refractivity contribution is 5.69. The van der Waals surface area contributed by atoms with Gasteiger partial charge in [-0.15, -0.1) is 0 Å². The van der Waals surface area contributed by atoms with Crippen LogP contribution in [0.4, 0.5) is 0 Å². The number of unbranched alkanes of at least 4 members (excludes halogenated alkanes) is 12. The molecule has 282 valence electrons. The minimum atomic E-state index is -0.00309. The van der Waals surface area contributed by atoms with Crippen molar-refractivity contribution in [2.75, 3.05) is 6.61 Å². The van der Waals surface area contributed by atoms with Crippen LogP contribution in [0.25, 0.3) is 0 Å². The molecule has 0 saturated heterocycles. The zero-order chi connectivity index (χ0) is 35.6. The van der Waals surface area contributed by atoms with Gasteiger partial charge in [-0.05, 0) is 110 Å². The second-order valence-electron chi connectivity index (χ2n) is 20.6. The molecule has 0 amide bonds. The first-order chi connectivity index (χ1) is 23.2. The summed E-state index contributed by atoms with van der Waals surface area (Å²) >= 11 is 0. The maximum absolute atomic E-state index is 13.2. The van der Waals surface area contributed by atoms with Gasteiger partial charge < -0.3 is 9.84 Å². The molecule has 0 radical (unpaired) electrons. The number of fused-ring (bicyclic) bond motifs is 7. The lowest BCUT2D eigenvalue weighted by Crippen LogP contribution is -2.65. The number of aliphatic hydroxyl groups excluding tert-OH is 1. The van der Waals surface area contributed by atoms with Gasteiger partial charge in [-0.3, -0.25) is 4.79 Å². The Morgan fingerprint density at radius 1 is 0.735 bits per heavy atom. The molecule has 4 fully saturated rings. The van der Waals surface area contributed by atoms with Gasteiger partial charge in [0.1, 0.15) is 6.10 Å². The summed E-state index contributed by atoms with van der Waals surface area (Å²) < 4.78 is 6.40. The predicted molar refractivity (Wildman–Crippen MR) is 206 cm³/mol. The third-order valence-corrected chi connectivity index (χ3v) is 16.8. The fourth-order valence-electron chi connectivity index (χ4n) is 13.3. The SMILES string of the molecule is CCCCCCCCCCCCCCCC(=O)OC1CC[C@@]2(C)C(CC[C@]3(C)C2CC=C2C4CC(C)(C)CC[C@]4(CO)CC[C@]23C)C1(C)C. The molecule has 8 atom stereocenters. The van der Waals surface area contributed by atoms with Crippen molar-refractivity contribution in [2.24, 2.45) is 50.2 Å². The Hall–Kier alpha value is -0.830. The van der Waals surface area contributed by atoms with Crippen molar-refractivity contribution < 1.29 is 14.6 Å². The zero-order valence-electron chi connectivity index (χ0n) is 33.8. The number of ether oxygens (including phenoxy) is 1. The largest absolute Gasteiger partial charge is 0.462 e. The number of hydrogen-bond donors (Lipinski definition) is 1. The molecule has 0 aromatic carbocycles. The maximum atomic E-state index is 13.2. The summed E-state index contributed by atoms with van der Waals surface area (Å²) in [4.78, 5) is 13.2. The van der Waals surface area contributed by atoms with Gasteiger partial charge in [0.2, 0.25) is 0 Å². The summed E-state index contributed by atoms with van der Waals surface area (Å²) in [6.45, 7) is 20.4. The molecule has 4 saturated carbocycles. The summed E-state index contributed by atoms with van der Waals surface area (Å²) in [5, 5.41) is 10.8. The van der Waals surface area contributed by atoms with Crippen molar-refractivity contribution in [2.45, 2.75) is 216 Å². The van der Waals surface area contributed by atoms with Crippen molar-refractivity contribution in [3.05, 3.63) is 11.6 Å². The van der Waals surface area contributed by atoms with E-state index in [0.717, 1.165) is 19.3 Å². The standard InChI is InChI=1S/C46H80O3/c1-9-10-11-12-13-14-15-16-17-18-19-20-21-22-40(48)49-39-26-27-43(6)37(42(39,4)5)25-28-45(8)38(43)24-23-35-36-33-41(2,3)29-31-46(36,34-47)32-30-44(35,45)7/h23,36-39,47H,9-22,24-34H2,1-8H3/t36?,37?,38?,39?,43-,44+,45+,46+/m0/s1. The Balaban J connectivity index is 1.13. The number of allylic oxidation sites excluding steroid dienone is 2. The quantitative estimate of drug-likeness (QED) is 0.100. The lowest BCUT2D eigenvalue weighted by Gasteiger charge is -2.71. The highest BCUT2D eigenvalue weighted by atomic mass is 16.5. The number of esters is 1. The zero-order valence-corrected chi connectivity index (χ0v) is 33.8. The summed E-state index contributed by atoms with van der Waals surface area (Å²) in [7, 11) is 0. The molecule has 5 aliphatic carbocycles. The molecule has 4 unspecified atom stereocenters. The van der Waals surface area contributed by atoms with E-state index in [9.17, 15) is 9.90 Å². The van der Waals surface area contributed by atoms with Crippen LogP contribution in [0.15, 0.2) is 11.6 Å². The van der Waals surface area contributed by atoms with Crippen molar-refractivity contribution in [3.8, 4) is 0 Å². The molecular weight excluding hydrogens is 601 g/mol. The summed E-state index contributed by atoms with van der Waals surface area (Å²) in [6, 6.07) is 0. The highest BCUT2D eigenvalue weighted by Gasteiger charge is 2.68. The molecule has 5 aliphatic rings. The van der Waals surface area contributed by atoms with E-state index >= 15 is 0 Å². The number of carbonyl (C=O) groups is 1. The van der Waals surface area contributed by atoms with Crippen LogP contribution >= 0.6 is 0 Å². The second-order valence-corrected chi connectivity index (χ2v) is 20.6. The minimum Gasteiger partial charge on any atom is -0.462 e. The van der Waals surface area contributed by atoms with E-state index in [2.05, 4.69) is 61.5 Å². The minimum absolute atomic E-state index is 0.00309. The van der Waals surface area contributed by atoms with Crippen LogP contribution in [-0.4, -0.2) is 23.8 Å². The van der Waals surface area contributed by atoms with Crippen molar-refractivity contribution in [3.63, 3.8) is 0 Å². The monoisotopic (exact) mass is 681 g/mol. The van der Waals surface area contributed by atoms with E-state index in [0.29, 0.717) is 36.2 Å². The summed E-state index contributed by atoms with van der Waals surface area (Å²) in [6.07, 6.45) is 32.6. The molecule has 3 nitrogen and oxygen atoms in total. The smallest absolute Gasteiger partial charge is 0.306 e. The van der Waals surface area contributed by atoms with Crippen LogP contribution in [-0.2, 0) is 9.53 Å². The average molecular weight is 681 g/mol. The van der Waals surface area contributed by atoms with Gasteiger partial charge in [0, 0.05) is 23.9 Å². The Morgan fingerprint density at radius 2 is 1.33 bits per heavy atom. The average Bonchev–Trinajstić information content (AvgIpc) is 3.05. The molecule has 0 aromatic heterocycles. The molecule has 1 N–H and O–H groups in total. The van der Waals surface area contributed by atoms with E-state index in [1.54, 1.807) is 5.57 Å². The van der Waals surface area contributed by atoms with Crippen LogP contribution in [0.1, 0.15) is 209 Å². The lowest BCUT2D eigenvalue weighted by molar-refractivity contribution is -0.213. The van der Waals surface area contributed by atoms with Gasteiger partial charge in [0.05, 0.1) is 0 Å². The van der Waals surface area contributed by atoms with Gasteiger partial charge in [0.25, 0.3) is 0 Å². The van der Waals surface area contributed by atoms with Gasteiger partial charge in [-0.2, -0.15) is 0 Å². The molecular formula is C46H80O3. The van der Waals surface area contributed by atoms with E-state index < -0.39 is 0 Å².